The molecule has 0 fully saturated rings. The second-order valence-corrected chi connectivity index (χ2v) is 6.19. The zero-order valence-corrected chi connectivity index (χ0v) is 13.3. The van der Waals surface area contributed by atoms with Crippen molar-refractivity contribution in [3.63, 3.8) is 0 Å². The summed E-state index contributed by atoms with van der Waals surface area (Å²) in [6.07, 6.45) is 0. The molecule has 2 nitrogen and oxygen atoms in total. The molecule has 0 aliphatic carbocycles. The van der Waals surface area contributed by atoms with Crippen molar-refractivity contribution in [3.05, 3.63) is 64.1 Å². The van der Waals surface area contributed by atoms with E-state index in [0.717, 1.165) is 0 Å². The zero-order chi connectivity index (χ0) is 15.2. The van der Waals surface area contributed by atoms with Crippen LogP contribution in [0.15, 0.2) is 46.9 Å². The molecule has 0 atom stereocenters. The number of benzene rings is 2. The van der Waals surface area contributed by atoms with Crippen molar-refractivity contribution in [3.8, 4) is 0 Å². The first-order valence-electron chi connectivity index (χ1n) is 6.11. The van der Waals surface area contributed by atoms with Crippen LogP contribution in [-0.2, 0) is 10.5 Å². The van der Waals surface area contributed by atoms with Crippen LogP contribution >= 0.6 is 27.7 Å². The van der Waals surface area contributed by atoms with E-state index in [4.69, 9.17) is 0 Å². The third kappa shape index (κ3) is 5.13. The first-order valence-corrected chi connectivity index (χ1v) is 8.06. The fourth-order valence-corrected chi connectivity index (χ4v) is 2.80. The summed E-state index contributed by atoms with van der Waals surface area (Å²) in [5, 5.41) is 2.59. The van der Waals surface area contributed by atoms with Gasteiger partial charge in [0.15, 0.2) is 0 Å². The Hall–Kier alpha value is -1.40. The average molecular weight is 372 g/mol. The molecule has 6 heteroatoms. The van der Waals surface area contributed by atoms with Gasteiger partial charge in [0, 0.05) is 15.9 Å². The Bertz CT molecular complexity index is 651. The van der Waals surface area contributed by atoms with Gasteiger partial charge in [-0.2, -0.15) is 0 Å². The zero-order valence-electron chi connectivity index (χ0n) is 10.9. The molecule has 1 amide bonds. The lowest BCUT2D eigenvalue weighted by Gasteiger charge is -2.06. The molecule has 0 bridgehead atoms. The molecule has 2 rings (SSSR count). The van der Waals surface area contributed by atoms with Gasteiger partial charge in [0.1, 0.15) is 11.6 Å². The number of carbonyl (C=O) groups excluding carboxylic acids is 1. The van der Waals surface area contributed by atoms with Crippen LogP contribution in [0.1, 0.15) is 5.56 Å². The van der Waals surface area contributed by atoms with Crippen LogP contribution in [-0.4, -0.2) is 11.7 Å². The normalized spacial score (nSPS) is 10.4. The molecule has 110 valence electrons. The lowest BCUT2D eigenvalue weighted by molar-refractivity contribution is -0.113. The van der Waals surface area contributed by atoms with E-state index in [2.05, 4.69) is 21.2 Å². The number of nitrogens with one attached hydrogen (secondary N) is 1. The molecular weight excluding hydrogens is 360 g/mol. The number of halogens is 3. The molecule has 0 aliphatic heterocycles. The molecule has 1 N–H and O–H groups in total. The van der Waals surface area contributed by atoms with E-state index in [1.807, 2.05) is 0 Å². The highest BCUT2D eigenvalue weighted by Crippen LogP contribution is 2.20. The smallest absolute Gasteiger partial charge is 0.234 e. The van der Waals surface area contributed by atoms with Crippen molar-refractivity contribution >= 4 is 39.3 Å². The number of amides is 1. The predicted octanol–water partition coefficient (Wildman–Crippen LogP) is 4.60. The van der Waals surface area contributed by atoms with Crippen LogP contribution in [0, 0.1) is 11.6 Å². The molecule has 0 saturated heterocycles. The second kappa shape index (κ2) is 7.56. The minimum Gasteiger partial charge on any atom is -0.325 e. The number of hydrogen-bond acceptors (Lipinski definition) is 2. The molecule has 0 aromatic heterocycles. The quantitative estimate of drug-likeness (QED) is 0.831. The number of hydrogen-bond donors (Lipinski definition) is 1. The van der Waals surface area contributed by atoms with Gasteiger partial charge < -0.3 is 5.32 Å². The van der Waals surface area contributed by atoms with Crippen molar-refractivity contribution in [2.45, 2.75) is 5.75 Å². The van der Waals surface area contributed by atoms with Crippen LogP contribution in [0.2, 0.25) is 0 Å². The van der Waals surface area contributed by atoms with Gasteiger partial charge in [0.25, 0.3) is 0 Å². The second-order valence-electron chi connectivity index (χ2n) is 4.29. The Balaban J connectivity index is 1.81. The SMILES string of the molecule is O=C(CSCc1ccc(Br)cc1F)Nc1cccc(F)c1. The van der Waals surface area contributed by atoms with Crippen LogP contribution in [0.3, 0.4) is 0 Å². The highest BCUT2D eigenvalue weighted by Gasteiger charge is 2.06. The van der Waals surface area contributed by atoms with E-state index < -0.39 is 5.82 Å². The molecular formula is C15H12BrF2NOS. The summed E-state index contributed by atoms with van der Waals surface area (Å²) in [5.74, 6) is -0.384. The van der Waals surface area contributed by atoms with Gasteiger partial charge in [0.05, 0.1) is 5.75 Å². The Morgan fingerprint density at radius 1 is 1.19 bits per heavy atom. The van der Waals surface area contributed by atoms with Crippen molar-refractivity contribution < 1.29 is 13.6 Å². The van der Waals surface area contributed by atoms with Gasteiger partial charge in [-0.05, 0) is 35.9 Å². The first kappa shape index (κ1) is 16.0. The molecule has 2 aromatic carbocycles. The number of anilines is 1. The molecule has 0 spiro atoms. The van der Waals surface area contributed by atoms with Gasteiger partial charge in [-0.1, -0.05) is 28.1 Å². The number of rotatable bonds is 5. The minimum atomic E-state index is -0.405. The number of thioether (sulfide) groups is 1. The van der Waals surface area contributed by atoms with E-state index in [9.17, 15) is 13.6 Å². The Labute approximate surface area is 134 Å². The van der Waals surface area contributed by atoms with Gasteiger partial charge >= 0.3 is 0 Å². The van der Waals surface area contributed by atoms with Crippen LogP contribution < -0.4 is 5.32 Å². The highest BCUT2D eigenvalue weighted by molar-refractivity contribution is 9.10. The van der Waals surface area contributed by atoms with E-state index in [1.165, 1.54) is 36.0 Å². The fraction of sp³-hybridized carbons (Fsp3) is 0.133. The van der Waals surface area contributed by atoms with E-state index in [-0.39, 0.29) is 17.5 Å². The lowest BCUT2D eigenvalue weighted by Crippen LogP contribution is -2.14. The standard InChI is InChI=1S/C15H12BrF2NOS/c16-11-5-4-10(14(18)6-11)8-21-9-15(20)19-13-3-1-2-12(17)7-13/h1-7H,8-9H2,(H,19,20). The highest BCUT2D eigenvalue weighted by atomic mass is 79.9. The Kier molecular flexibility index (Phi) is 5.76. The van der Waals surface area contributed by atoms with Crippen LogP contribution in [0.5, 0.6) is 0 Å². The molecule has 0 aliphatic rings. The Morgan fingerprint density at radius 3 is 2.71 bits per heavy atom. The average Bonchev–Trinajstić information content (AvgIpc) is 2.41. The summed E-state index contributed by atoms with van der Waals surface area (Å²) in [6.45, 7) is 0. The summed E-state index contributed by atoms with van der Waals surface area (Å²) >= 11 is 4.49. The van der Waals surface area contributed by atoms with E-state index in [0.29, 0.717) is 21.5 Å². The topological polar surface area (TPSA) is 29.1 Å². The van der Waals surface area contributed by atoms with Crippen LogP contribution in [0.25, 0.3) is 0 Å². The fourth-order valence-electron chi connectivity index (χ4n) is 1.66. The lowest BCUT2D eigenvalue weighted by atomic mass is 10.2. The van der Waals surface area contributed by atoms with Crippen molar-refractivity contribution in [1.82, 2.24) is 0 Å². The minimum absolute atomic E-state index is 0.173. The summed E-state index contributed by atoms with van der Waals surface area (Å²) < 4.78 is 27.2. The summed E-state index contributed by atoms with van der Waals surface area (Å²) in [7, 11) is 0. The summed E-state index contributed by atoms with van der Waals surface area (Å²) in [4.78, 5) is 11.7. The molecule has 2 aromatic rings. The van der Waals surface area contributed by atoms with Gasteiger partial charge in [-0.3, -0.25) is 4.79 Å². The van der Waals surface area contributed by atoms with Crippen molar-refractivity contribution in [1.29, 1.82) is 0 Å². The maximum atomic E-state index is 13.6. The Morgan fingerprint density at radius 2 is 2.00 bits per heavy atom. The molecule has 0 saturated carbocycles. The van der Waals surface area contributed by atoms with Crippen molar-refractivity contribution in [2.75, 3.05) is 11.1 Å². The monoisotopic (exact) mass is 371 g/mol. The van der Waals surface area contributed by atoms with E-state index in [1.54, 1.807) is 18.2 Å². The molecule has 21 heavy (non-hydrogen) atoms. The third-order valence-electron chi connectivity index (χ3n) is 2.61. The van der Waals surface area contributed by atoms with Crippen molar-refractivity contribution in [2.24, 2.45) is 0 Å². The van der Waals surface area contributed by atoms with Gasteiger partial charge in [-0.15, -0.1) is 11.8 Å². The largest absolute Gasteiger partial charge is 0.325 e. The van der Waals surface area contributed by atoms with Crippen LogP contribution in [0.4, 0.5) is 14.5 Å². The van der Waals surface area contributed by atoms with Gasteiger partial charge in [0.2, 0.25) is 5.91 Å². The maximum absolute atomic E-state index is 13.6. The van der Waals surface area contributed by atoms with E-state index >= 15 is 0 Å². The number of carbonyl (C=O) groups is 1. The third-order valence-corrected chi connectivity index (χ3v) is 4.09. The molecule has 0 radical (unpaired) electrons. The maximum Gasteiger partial charge on any atom is 0.234 e. The summed E-state index contributed by atoms with van der Waals surface area (Å²) in [5.41, 5.74) is 0.956. The summed E-state index contributed by atoms with van der Waals surface area (Å²) in [6, 6.07) is 10.5. The molecule has 0 heterocycles. The molecule has 0 unspecified atom stereocenters. The van der Waals surface area contributed by atoms with Gasteiger partial charge in [-0.25, -0.2) is 8.78 Å². The predicted molar refractivity (Wildman–Crippen MR) is 85.3 cm³/mol. The first-order chi connectivity index (χ1) is 10.0.